The van der Waals surface area contributed by atoms with Crippen LogP contribution in [0.4, 0.5) is 33.3 Å². The molecule has 2 amide bonds. The first-order chi connectivity index (χ1) is 18.6. The van der Waals surface area contributed by atoms with Gasteiger partial charge in [-0.05, 0) is 45.0 Å². The Morgan fingerprint density at radius 2 is 1.80 bits per heavy atom. The van der Waals surface area contributed by atoms with Crippen LogP contribution in [0.1, 0.15) is 43.1 Å². The Kier molecular flexibility index (Phi) is 10.0. The number of amides is 2. The minimum absolute atomic E-state index is 0.124. The van der Waals surface area contributed by atoms with Crippen LogP contribution >= 0.6 is 11.6 Å². The molecule has 0 aromatic heterocycles. The predicted octanol–water partition coefficient (Wildman–Crippen LogP) is 4.97. The van der Waals surface area contributed by atoms with E-state index in [1.54, 1.807) is 17.9 Å². The molecule has 1 atom stereocenters. The third kappa shape index (κ3) is 7.82. The van der Waals surface area contributed by atoms with Crippen LogP contribution in [0.5, 0.6) is 0 Å². The van der Waals surface area contributed by atoms with E-state index in [4.69, 9.17) is 11.6 Å². The van der Waals surface area contributed by atoms with Gasteiger partial charge in [-0.3, -0.25) is 14.5 Å². The van der Waals surface area contributed by atoms with Crippen LogP contribution in [-0.2, 0) is 11.3 Å². The fraction of sp³-hybridized carbons (Fsp3) is 0.481. The lowest BCUT2D eigenvalue weighted by atomic mass is 9.93. The van der Waals surface area contributed by atoms with Crippen molar-refractivity contribution in [2.24, 2.45) is 5.41 Å². The van der Waals surface area contributed by atoms with E-state index >= 15 is 0 Å². The molecule has 1 heterocycles. The lowest BCUT2D eigenvalue weighted by molar-refractivity contribution is -0.139. The average molecular weight is 591 g/mol. The van der Waals surface area contributed by atoms with Crippen molar-refractivity contribution >= 4 is 34.8 Å². The largest absolute Gasteiger partial charge is 0.395 e. The minimum Gasteiger partial charge on any atom is -0.395 e. The maximum absolute atomic E-state index is 14.9. The molecule has 3 rings (SSSR count). The number of aliphatic hydroxyl groups excluding tert-OH is 1. The van der Waals surface area contributed by atoms with Gasteiger partial charge in [-0.2, -0.15) is 13.2 Å². The molecular formula is C27H32ClF5N4O3. The van der Waals surface area contributed by atoms with Crippen molar-refractivity contribution in [2.75, 3.05) is 43.0 Å². The molecule has 220 valence electrons. The first-order valence-electron chi connectivity index (χ1n) is 12.7. The zero-order valence-corrected chi connectivity index (χ0v) is 23.1. The molecule has 0 radical (unpaired) electrons. The van der Waals surface area contributed by atoms with Gasteiger partial charge in [0.1, 0.15) is 0 Å². The van der Waals surface area contributed by atoms with E-state index in [1.807, 2.05) is 4.90 Å². The molecule has 0 saturated carbocycles. The minimum atomic E-state index is -4.25. The van der Waals surface area contributed by atoms with E-state index in [0.29, 0.717) is 30.3 Å². The maximum Gasteiger partial charge on any atom is 0.390 e. The summed E-state index contributed by atoms with van der Waals surface area (Å²) >= 11 is 6.18. The highest BCUT2D eigenvalue weighted by molar-refractivity contribution is 6.31. The van der Waals surface area contributed by atoms with Crippen molar-refractivity contribution in [3.8, 4) is 0 Å². The SMILES string of the molecule is C[C@H]1CN(c2cc(Cl)ccc2NC(=O)c2ccc(CNC(=O)C(C)(C)CO)c(F)c2F)CCN1CCC(F)(F)F. The van der Waals surface area contributed by atoms with Gasteiger partial charge in [0.05, 0.1) is 35.4 Å². The number of rotatable bonds is 9. The fourth-order valence-corrected chi connectivity index (χ4v) is 4.43. The number of nitrogens with one attached hydrogen (secondary N) is 2. The topological polar surface area (TPSA) is 84.9 Å². The van der Waals surface area contributed by atoms with Crippen molar-refractivity contribution in [1.29, 1.82) is 0 Å². The van der Waals surface area contributed by atoms with Gasteiger partial charge in [0.15, 0.2) is 11.6 Å². The van der Waals surface area contributed by atoms with Crippen molar-refractivity contribution < 1.29 is 36.6 Å². The van der Waals surface area contributed by atoms with Crippen molar-refractivity contribution in [3.63, 3.8) is 0 Å². The molecule has 40 heavy (non-hydrogen) atoms. The highest BCUT2D eigenvalue weighted by atomic mass is 35.5. The molecule has 7 nitrogen and oxygen atoms in total. The Morgan fingerprint density at radius 3 is 2.42 bits per heavy atom. The summed E-state index contributed by atoms with van der Waals surface area (Å²) in [5.41, 5.74) is -1.09. The van der Waals surface area contributed by atoms with Gasteiger partial charge in [0.25, 0.3) is 5.91 Å². The third-order valence-electron chi connectivity index (χ3n) is 6.85. The third-order valence-corrected chi connectivity index (χ3v) is 7.09. The van der Waals surface area contributed by atoms with E-state index in [1.165, 1.54) is 32.0 Å². The van der Waals surface area contributed by atoms with E-state index in [9.17, 15) is 36.6 Å². The van der Waals surface area contributed by atoms with Crippen LogP contribution in [0.15, 0.2) is 30.3 Å². The molecule has 1 fully saturated rings. The van der Waals surface area contributed by atoms with Crippen molar-refractivity contribution in [3.05, 3.63) is 58.1 Å². The van der Waals surface area contributed by atoms with E-state index in [-0.39, 0.29) is 30.4 Å². The van der Waals surface area contributed by atoms with Gasteiger partial charge in [0.2, 0.25) is 5.91 Å². The van der Waals surface area contributed by atoms with E-state index < -0.39 is 53.6 Å². The maximum atomic E-state index is 14.9. The lowest BCUT2D eigenvalue weighted by Crippen LogP contribution is -2.52. The number of carbonyl (C=O) groups excluding carboxylic acids is 2. The molecule has 1 aliphatic rings. The number of anilines is 2. The number of carbonyl (C=O) groups is 2. The van der Waals surface area contributed by atoms with E-state index in [2.05, 4.69) is 10.6 Å². The Bertz CT molecular complexity index is 1240. The van der Waals surface area contributed by atoms with Gasteiger partial charge < -0.3 is 20.6 Å². The second kappa shape index (κ2) is 12.7. The van der Waals surface area contributed by atoms with E-state index in [0.717, 1.165) is 6.07 Å². The van der Waals surface area contributed by atoms with Crippen LogP contribution in [0, 0.1) is 17.0 Å². The molecular weight excluding hydrogens is 559 g/mol. The van der Waals surface area contributed by atoms with Crippen molar-refractivity contribution in [2.45, 2.75) is 46.0 Å². The first kappa shape index (κ1) is 31.6. The molecule has 0 unspecified atom stereocenters. The smallest absolute Gasteiger partial charge is 0.390 e. The van der Waals surface area contributed by atoms with Gasteiger partial charge in [-0.25, -0.2) is 8.78 Å². The Balaban J connectivity index is 1.74. The number of aliphatic hydroxyl groups is 1. The molecule has 13 heteroatoms. The monoisotopic (exact) mass is 590 g/mol. The van der Waals surface area contributed by atoms with Crippen LogP contribution in [0.3, 0.4) is 0 Å². The summed E-state index contributed by atoms with van der Waals surface area (Å²) < 4.78 is 67.7. The molecule has 1 aliphatic heterocycles. The first-order valence-corrected chi connectivity index (χ1v) is 13.0. The molecule has 0 aliphatic carbocycles. The summed E-state index contributed by atoms with van der Waals surface area (Å²) in [5.74, 6) is -4.17. The summed E-state index contributed by atoms with van der Waals surface area (Å²) in [6.45, 7) is 4.96. The summed E-state index contributed by atoms with van der Waals surface area (Å²) in [7, 11) is 0. The number of alkyl halides is 3. The Morgan fingerprint density at radius 1 is 1.10 bits per heavy atom. The number of benzene rings is 2. The highest BCUT2D eigenvalue weighted by Gasteiger charge is 2.32. The zero-order chi connectivity index (χ0) is 29.8. The summed E-state index contributed by atoms with van der Waals surface area (Å²) in [4.78, 5) is 28.7. The van der Waals surface area contributed by atoms with Crippen LogP contribution in [0.2, 0.25) is 5.02 Å². The van der Waals surface area contributed by atoms with Crippen LogP contribution < -0.4 is 15.5 Å². The second-order valence-corrected chi connectivity index (χ2v) is 10.9. The number of halogens is 6. The standard InChI is InChI=1S/C27H32ClF5N4O3/c1-16-14-37(11-10-36(16)9-8-27(31,32)33)21-12-18(28)5-7-20(21)35-24(39)19-6-4-17(22(29)23(19)30)13-34-25(40)26(2,3)15-38/h4-7,12,16,38H,8-11,13-15H2,1-3H3,(H,34,40)(H,35,39)/t16-/m0/s1. The molecule has 1 saturated heterocycles. The lowest BCUT2D eigenvalue weighted by Gasteiger charge is -2.41. The molecule has 3 N–H and O–H groups in total. The average Bonchev–Trinajstić information content (AvgIpc) is 2.88. The quantitative estimate of drug-likeness (QED) is 0.359. The Hall–Kier alpha value is -2.96. The Labute approximate surface area is 234 Å². The van der Waals surface area contributed by atoms with Gasteiger partial charge in [-0.15, -0.1) is 0 Å². The van der Waals surface area contributed by atoms with Gasteiger partial charge >= 0.3 is 6.18 Å². The predicted molar refractivity (Wildman–Crippen MR) is 142 cm³/mol. The normalized spacial score (nSPS) is 16.6. The molecule has 0 bridgehead atoms. The van der Waals surface area contributed by atoms with Gasteiger partial charge in [0, 0.05) is 49.4 Å². The molecule has 2 aromatic carbocycles. The van der Waals surface area contributed by atoms with Crippen molar-refractivity contribution in [1.82, 2.24) is 10.2 Å². The van der Waals surface area contributed by atoms with Crippen LogP contribution in [-0.4, -0.2) is 66.8 Å². The number of hydrogen-bond acceptors (Lipinski definition) is 5. The number of piperazine rings is 1. The second-order valence-electron chi connectivity index (χ2n) is 10.4. The number of nitrogens with zero attached hydrogens (tertiary/aromatic N) is 2. The zero-order valence-electron chi connectivity index (χ0n) is 22.3. The highest BCUT2D eigenvalue weighted by Crippen LogP contribution is 2.32. The molecule has 0 spiro atoms. The molecule has 2 aromatic rings. The summed E-state index contributed by atoms with van der Waals surface area (Å²) in [6.07, 6.45) is -5.16. The summed E-state index contributed by atoms with van der Waals surface area (Å²) in [6, 6.07) is 6.68. The fourth-order valence-electron chi connectivity index (χ4n) is 4.27. The van der Waals surface area contributed by atoms with Crippen LogP contribution in [0.25, 0.3) is 0 Å². The summed E-state index contributed by atoms with van der Waals surface area (Å²) in [5, 5.41) is 14.7. The van der Waals surface area contributed by atoms with Gasteiger partial charge in [-0.1, -0.05) is 17.7 Å². The number of hydrogen-bond donors (Lipinski definition) is 3.